The quantitative estimate of drug-likeness (QED) is 0.352. The van der Waals surface area contributed by atoms with Crippen LogP contribution in [-0.2, 0) is 0 Å². The largest absolute Gasteiger partial charge is 0.411 e. The van der Waals surface area contributed by atoms with E-state index >= 15 is 0 Å². The maximum absolute atomic E-state index is 9.57. The van der Waals surface area contributed by atoms with Gasteiger partial charge in [0.2, 0.25) is 0 Å². The molecule has 0 spiro atoms. The number of oxime groups is 1. The van der Waals surface area contributed by atoms with Crippen LogP contribution in [0.2, 0.25) is 0 Å². The number of anilines is 2. The standard InChI is InChI=1S/C21H18N6O/c1-13-5-3-8-21(24-13)26-20-10-15(9-16(11-22)17(20)12-23)19-7-4-6-18(25-19)14(2)27-28/h3-10,12,23,28H,1-2H3,(H,24,26)/b23-12?,27-14-. The monoisotopic (exact) mass is 370 g/mol. The van der Waals surface area contributed by atoms with Crippen LogP contribution in [-0.4, -0.2) is 27.1 Å². The summed E-state index contributed by atoms with van der Waals surface area (Å²) < 4.78 is 0. The molecule has 3 N–H and O–H groups in total. The molecular weight excluding hydrogens is 352 g/mol. The Balaban J connectivity index is 2.13. The Bertz CT molecular complexity index is 1110. The van der Waals surface area contributed by atoms with E-state index in [9.17, 15) is 5.26 Å². The normalized spacial score (nSPS) is 11.0. The van der Waals surface area contributed by atoms with Crippen LogP contribution in [0.4, 0.5) is 11.5 Å². The Kier molecular flexibility index (Phi) is 5.42. The van der Waals surface area contributed by atoms with Crippen LogP contribution in [0.1, 0.15) is 29.4 Å². The van der Waals surface area contributed by atoms with E-state index in [0.29, 0.717) is 45.3 Å². The minimum absolute atomic E-state index is 0.349. The second-order valence-electron chi connectivity index (χ2n) is 6.12. The van der Waals surface area contributed by atoms with Gasteiger partial charge in [0.05, 0.1) is 28.7 Å². The number of nitriles is 1. The molecule has 2 heterocycles. The van der Waals surface area contributed by atoms with Gasteiger partial charge < -0.3 is 15.9 Å². The van der Waals surface area contributed by atoms with Gasteiger partial charge in [0.25, 0.3) is 0 Å². The van der Waals surface area contributed by atoms with Gasteiger partial charge in [-0.15, -0.1) is 0 Å². The van der Waals surface area contributed by atoms with Gasteiger partial charge in [-0.2, -0.15) is 5.26 Å². The first-order chi connectivity index (χ1) is 13.5. The van der Waals surface area contributed by atoms with Gasteiger partial charge in [-0.05, 0) is 50.2 Å². The lowest BCUT2D eigenvalue weighted by molar-refractivity contribution is 0.319. The molecule has 0 saturated heterocycles. The number of benzene rings is 1. The van der Waals surface area contributed by atoms with Crippen LogP contribution < -0.4 is 5.32 Å². The fourth-order valence-corrected chi connectivity index (χ4v) is 2.75. The van der Waals surface area contributed by atoms with Crippen molar-refractivity contribution < 1.29 is 5.21 Å². The molecule has 7 nitrogen and oxygen atoms in total. The van der Waals surface area contributed by atoms with Crippen LogP contribution in [0.25, 0.3) is 11.3 Å². The summed E-state index contributed by atoms with van der Waals surface area (Å²) in [5.74, 6) is 0.620. The summed E-state index contributed by atoms with van der Waals surface area (Å²) in [5.41, 5.74) is 4.50. The third kappa shape index (κ3) is 3.86. The van der Waals surface area contributed by atoms with Crippen LogP contribution >= 0.6 is 0 Å². The van der Waals surface area contributed by atoms with E-state index in [1.165, 1.54) is 0 Å². The van der Waals surface area contributed by atoms with Gasteiger partial charge in [-0.3, -0.25) is 0 Å². The van der Waals surface area contributed by atoms with Crippen molar-refractivity contribution >= 4 is 23.4 Å². The van der Waals surface area contributed by atoms with Crippen LogP contribution in [0, 0.1) is 23.7 Å². The summed E-state index contributed by atoms with van der Waals surface area (Å²) in [6.45, 7) is 3.54. The highest BCUT2D eigenvalue weighted by Crippen LogP contribution is 2.29. The summed E-state index contributed by atoms with van der Waals surface area (Å²) in [5, 5.41) is 32.7. The Hall–Kier alpha value is -4.05. The van der Waals surface area contributed by atoms with Crippen LogP contribution in [0.15, 0.2) is 53.7 Å². The molecule has 0 saturated carbocycles. The molecule has 0 fully saturated rings. The molecule has 7 heteroatoms. The molecule has 0 aliphatic rings. The van der Waals surface area contributed by atoms with Gasteiger partial charge in [-0.1, -0.05) is 17.3 Å². The average Bonchev–Trinajstić information content (AvgIpc) is 2.72. The third-order valence-electron chi connectivity index (χ3n) is 4.16. The van der Waals surface area contributed by atoms with E-state index in [1.54, 1.807) is 25.1 Å². The van der Waals surface area contributed by atoms with E-state index in [4.69, 9.17) is 10.6 Å². The van der Waals surface area contributed by atoms with Gasteiger partial charge in [0, 0.05) is 23.0 Å². The predicted molar refractivity (Wildman–Crippen MR) is 109 cm³/mol. The maximum atomic E-state index is 9.57. The Morgan fingerprint density at radius 1 is 1.21 bits per heavy atom. The SMILES string of the molecule is C/C(=N/O)c1cccc(-c2cc(C#N)c(C=N)c(Nc3cccc(C)n3)c2)n1. The summed E-state index contributed by atoms with van der Waals surface area (Å²) in [4.78, 5) is 8.93. The van der Waals surface area contributed by atoms with Crippen LogP contribution in [0.5, 0.6) is 0 Å². The number of nitrogens with one attached hydrogen (secondary N) is 2. The van der Waals surface area contributed by atoms with Gasteiger partial charge >= 0.3 is 0 Å². The zero-order valence-corrected chi connectivity index (χ0v) is 15.4. The Labute approximate surface area is 162 Å². The van der Waals surface area contributed by atoms with E-state index < -0.39 is 0 Å². The van der Waals surface area contributed by atoms with Crippen molar-refractivity contribution in [3.8, 4) is 17.3 Å². The van der Waals surface area contributed by atoms with Crippen molar-refractivity contribution in [2.24, 2.45) is 5.16 Å². The first-order valence-corrected chi connectivity index (χ1v) is 8.51. The maximum Gasteiger partial charge on any atom is 0.130 e. The lowest BCUT2D eigenvalue weighted by Crippen LogP contribution is -2.03. The van der Waals surface area contributed by atoms with E-state index in [2.05, 4.69) is 26.5 Å². The molecule has 0 amide bonds. The zero-order chi connectivity index (χ0) is 20.1. The highest BCUT2D eigenvalue weighted by atomic mass is 16.4. The van der Waals surface area contributed by atoms with Crippen molar-refractivity contribution in [2.45, 2.75) is 13.8 Å². The van der Waals surface area contributed by atoms with Crippen LogP contribution in [0.3, 0.4) is 0 Å². The van der Waals surface area contributed by atoms with Crippen molar-refractivity contribution in [3.63, 3.8) is 0 Å². The predicted octanol–water partition coefficient (Wildman–Crippen LogP) is 4.26. The summed E-state index contributed by atoms with van der Waals surface area (Å²) in [7, 11) is 0. The highest BCUT2D eigenvalue weighted by molar-refractivity contribution is 5.97. The second kappa shape index (κ2) is 8.10. The van der Waals surface area contributed by atoms with Crippen molar-refractivity contribution in [1.29, 1.82) is 10.7 Å². The second-order valence-corrected chi connectivity index (χ2v) is 6.12. The molecule has 0 atom stereocenters. The van der Waals surface area contributed by atoms with Gasteiger partial charge in [0.15, 0.2) is 0 Å². The average molecular weight is 370 g/mol. The number of pyridine rings is 2. The van der Waals surface area contributed by atoms with Crippen molar-refractivity contribution in [2.75, 3.05) is 5.32 Å². The highest BCUT2D eigenvalue weighted by Gasteiger charge is 2.13. The molecule has 0 bridgehead atoms. The number of hydrogen-bond donors (Lipinski definition) is 3. The summed E-state index contributed by atoms with van der Waals surface area (Å²) in [6.07, 6.45) is 1.15. The minimum atomic E-state index is 0.349. The molecule has 0 aliphatic heterocycles. The lowest BCUT2D eigenvalue weighted by atomic mass is 10.00. The number of aromatic nitrogens is 2. The molecule has 3 aromatic rings. The minimum Gasteiger partial charge on any atom is -0.411 e. The fraction of sp³-hybridized carbons (Fsp3) is 0.0952. The van der Waals surface area contributed by atoms with E-state index in [0.717, 1.165) is 11.9 Å². The molecule has 0 unspecified atom stereocenters. The van der Waals surface area contributed by atoms with Crippen molar-refractivity contribution in [1.82, 2.24) is 9.97 Å². The van der Waals surface area contributed by atoms with E-state index in [-0.39, 0.29) is 0 Å². The number of aryl methyl sites for hydroxylation is 1. The smallest absolute Gasteiger partial charge is 0.130 e. The molecule has 3 rings (SSSR count). The molecule has 2 aromatic heterocycles. The zero-order valence-electron chi connectivity index (χ0n) is 15.4. The molecule has 0 radical (unpaired) electrons. The summed E-state index contributed by atoms with van der Waals surface area (Å²) >= 11 is 0. The Morgan fingerprint density at radius 3 is 2.68 bits per heavy atom. The Morgan fingerprint density at radius 2 is 2.00 bits per heavy atom. The topological polar surface area (TPSA) is 118 Å². The number of rotatable bonds is 5. The van der Waals surface area contributed by atoms with Gasteiger partial charge in [0.1, 0.15) is 11.5 Å². The third-order valence-corrected chi connectivity index (χ3v) is 4.16. The summed E-state index contributed by atoms with van der Waals surface area (Å²) in [6, 6.07) is 16.6. The van der Waals surface area contributed by atoms with Crippen molar-refractivity contribution in [3.05, 3.63) is 71.0 Å². The molecule has 28 heavy (non-hydrogen) atoms. The number of nitrogens with zero attached hydrogens (tertiary/aromatic N) is 4. The van der Waals surface area contributed by atoms with E-state index in [1.807, 2.05) is 37.3 Å². The molecule has 138 valence electrons. The first kappa shape index (κ1) is 18.7. The first-order valence-electron chi connectivity index (χ1n) is 8.51. The molecule has 0 aliphatic carbocycles. The molecular formula is C21H18N6O. The lowest BCUT2D eigenvalue weighted by Gasteiger charge is -2.13. The number of hydrogen-bond acceptors (Lipinski definition) is 7. The fourth-order valence-electron chi connectivity index (χ4n) is 2.75. The van der Waals surface area contributed by atoms with Gasteiger partial charge in [-0.25, -0.2) is 9.97 Å². The molecule has 1 aromatic carbocycles.